The third-order valence-electron chi connectivity index (χ3n) is 2.92. The number of hydrogen-bond acceptors (Lipinski definition) is 5. The zero-order valence-corrected chi connectivity index (χ0v) is 14.3. The van der Waals surface area contributed by atoms with Crippen molar-refractivity contribution in [3.63, 3.8) is 0 Å². The number of esters is 1. The topological polar surface area (TPSA) is 81.4 Å². The quantitative estimate of drug-likeness (QED) is 0.602. The molecular weight excluding hydrogens is 359 g/mol. The predicted octanol–water partition coefficient (Wildman–Crippen LogP) is 3.15. The largest absolute Gasteiger partial charge is 0.452 e. The number of nitrogen functional groups attached to an aromatic ring is 1. The molecule has 122 valence electrons. The Morgan fingerprint density at radius 1 is 1.30 bits per heavy atom. The van der Waals surface area contributed by atoms with Gasteiger partial charge in [-0.25, -0.2) is 4.79 Å². The minimum Gasteiger partial charge on any atom is -0.452 e. The molecule has 1 heterocycles. The second-order valence-corrected chi connectivity index (χ2v) is 6.48. The number of ether oxygens (including phenoxy) is 1. The second kappa shape index (κ2) is 8.19. The fourth-order valence-corrected chi connectivity index (χ4v) is 3.00. The number of carbonyl (C=O) groups excluding carboxylic acids is 2. The van der Waals surface area contributed by atoms with Crippen LogP contribution in [0.25, 0.3) is 0 Å². The van der Waals surface area contributed by atoms with Crippen LogP contribution in [0.2, 0.25) is 10.0 Å². The summed E-state index contributed by atoms with van der Waals surface area (Å²) < 4.78 is 4.92. The number of amides is 1. The molecule has 0 fully saturated rings. The molecule has 0 aliphatic heterocycles. The number of rotatable bonds is 6. The molecule has 0 saturated heterocycles. The fourth-order valence-electron chi connectivity index (χ4n) is 1.79. The molecule has 23 heavy (non-hydrogen) atoms. The summed E-state index contributed by atoms with van der Waals surface area (Å²) in [7, 11) is 0. The summed E-state index contributed by atoms with van der Waals surface area (Å²) in [6.45, 7) is 0.0782. The van der Waals surface area contributed by atoms with Crippen molar-refractivity contribution >= 4 is 52.1 Å². The van der Waals surface area contributed by atoms with E-state index in [-0.39, 0.29) is 27.2 Å². The molecule has 1 aromatic heterocycles. The molecule has 3 N–H and O–H groups in total. The molecule has 0 atom stereocenters. The van der Waals surface area contributed by atoms with Gasteiger partial charge in [-0.2, -0.15) is 0 Å². The molecule has 0 aliphatic rings. The van der Waals surface area contributed by atoms with Crippen molar-refractivity contribution in [3.8, 4) is 0 Å². The van der Waals surface area contributed by atoms with E-state index >= 15 is 0 Å². The van der Waals surface area contributed by atoms with Crippen LogP contribution in [0.4, 0.5) is 5.69 Å². The number of benzene rings is 1. The van der Waals surface area contributed by atoms with Crippen molar-refractivity contribution in [2.24, 2.45) is 0 Å². The van der Waals surface area contributed by atoms with Gasteiger partial charge in [0.1, 0.15) is 0 Å². The van der Waals surface area contributed by atoms with Gasteiger partial charge in [0.05, 0.1) is 16.3 Å². The van der Waals surface area contributed by atoms with Gasteiger partial charge in [-0.05, 0) is 30.0 Å². The van der Waals surface area contributed by atoms with Crippen molar-refractivity contribution in [2.75, 3.05) is 18.9 Å². The van der Waals surface area contributed by atoms with E-state index in [1.165, 1.54) is 17.0 Å². The molecular formula is C15H14Cl2N2O3S. The summed E-state index contributed by atoms with van der Waals surface area (Å²) >= 11 is 13.3. The van der Waals surface area contributed by atoms with Crippen LogP contribution in [0, 0.1) is 0 Å². The minimum absolute atomic E-state index is 0.0360. The first-order chi connectivity index (χ1) is 11.0. The van der Waals surface area contributed by atoms with Crippen LogP contribution in [-0.4, -0.2) is 25.0 Å². The molecule has 0 radical (unpaired) electrons. The lowest BCUT2D eigenvalue weighted by Crippen LogP contribution is -2.30. The van der Waals surface area contributed by atoms with Crippen molar-refractivity contribution in [1.82, 2.24) is 5.32 Å². The van der Waals surface area contributed by atoms with Crippen LogP contribution < -0.4 is 11.1 Å². The number of nitrogens with one attached hydrogen (secondary N) is 1. The van der Waals surface area contributed by atoms with E-state index in [0.29, 0.717) is 6.54 Å². The molecule has 5 nitrogen and oxygen atoms in total. The van der Waals surface area contributed by atoms with Gasteiger partial charge in [0.25, 0.3) is 5.91 Å². The van der Waals surface area contributed by atoms with Crippen molar-refractivity contribution in [3.05, 3.63) is 50.1 Å². The van der Waals surface area contributed by atoms with Gasteiger partial charge in [0.15, 0.2) is 6.61 Å². The number of nitrogens with two attached hydrogens (primary N) is 1. The lowest BCUT2D eigenvalue weighted by molar-refractivity contribution is -0.124. The molecule has 1 aromatic carbocycles. The molecule has 0 unspecified atom stereocenters. The summed E-state index contributed by atoms with van der Waals surface area (Å²) in [5, 5.41) is 5.06. The van der Waals surface area contributed by atoms with Crippen LogP contribution in [-0.2, 0) is 16.0 Å². The van der Waals surface area contributed by atoms with Gasteiger partial charge >= 0.3 is 5.97 Å². The van der Waals surface area contributed by atoms with Gasteiger partial charge in [0.2, 0.25) is 0 Å². The normalized spacial score (nSPS) is 10.3. The smallest absolute Gasteiger partial charge is 0.340 e. The van der Waals surface area contributed by atoms with E-state index in [0.717, 1.165) is 6.42 Å². The molecule has 0 spiro atoms. The maximum atomic E-state index is 11.9. The average Bonchev–Trinajstić information content (AvgIpc) is 3.01. The highest BCUT2D eigenvalue weighted by Gasteiger charge is 2.16. The van der Waals surface area contributed by atoms with Crippen LogP contribution in [0.5, 0.6) is 0 Å². The molecule has 0 saturated carbocycles. The Bertz CT molecular complexity index is 705. The number of hydrogen-bond donors (Lipinski definition) is 2. The number of anilines is 1. The molecule has 0 aliphatic carbocycles. The van der Waals surface area contributed by atoms with E-state index in [2.05, 4.69) is 5.32 Å². The van der Waals surface area contributed by atoms with Gasteiger partial charge in [0, 0.05) is 16.4 Å². The molecule has 8 heteroatoms. The highest BCUT2D eigenvalue weighted by Crippen LogP contribution is 2.27. The number of halogens is 2. The average molecular weight is 373 g/mol. The second-order valence-electron chi connectivity index (χ2n) is 4.60. The van der Waals surface area contributed by atoms with Crippen LogP contribution in [0.1, 0.15) is 15.2 Å². The minimum atomic E-state index is -0.750. The van der Waals surface area contributed by atoms with Crippen molar-refractivity contribution < 1.29 is 14.3 Å². The van der Waals surface area contributed by atoms with Gasteiger partial charge in [-0.3, -0.25) is 4.79 Å². The van der Waals surface area contributed by atoms with E-state index in [4.69, 9.17) is 33.7 Å². The van der Waals surface area contributed by atoms with E-state index in [1.54, 1.807) is 11.3 Å². The summed E-state index contributed by atoms with van der Waals surface area (Å²) in [5.41, 5.74) is 5.81. The lowest BCUT2D eigenvalue weighted by atomic mass is 10.2. The first-order valence-corrected chi connectivity index (χ1v) is 8.31. The first-order valence-electron chi connectivity index (χ1n) is 6.68. The zero-order chi connectivity index (χ0) is 16.8. The van der Waals surface area contributed by atoms with E-state index in [9.17, 15) is 9.59 Å². The van der Waals surface area contributed by atoms with Crippen LogP contribution >= 0.6 is 34.5 Å². The molecule has 1 amide bonds. The predicted molar refractivity (Wildman–Crippen MR) is 92.2 cm³/mol. The standard InChI is InChI=1S/C15H14Cl2N2O3S/c16-9-6-11(14(18)12(17)7-9)15(21)22-8-13(20)19-4-3-10-2-1-5-23-10/h1-2,5-7H,3-4,8,18H2,(H,19,20). The van der Waals surface area contributed by atoms with Crippen LogP contribution in [0.3, 0.4) is 0 Å². The Kier molecular flexibility index (Phi) is 6.27. The Morgan fingerprint density at radius 2 is 2.09 bits per heavy atom. The first kappa shape index (κ1) is 17.6. The van der Waals surface area contributed by atoms with E-state index in [1.807, 2.05) is 17.5 Å². The third kappa shape index (κ3) is 5.13. The SMILES string of the molecule is Nc1c(Cl)cc(Cl)cc1C(=O)OCC(=O)NCCc1cccs1. The Balaban J connectivity index is 1.81. The molecule has 2 rings (SSSR count). The molecule has 0 bridgehead atoms. The number of thiophene rings is 1. The monoisotopic (exact) mass is 372 g/mol. The van der Waals surface area contributed by atoms with Gasteiger partial charge in [-0.15, -0.1) is 11.3 Å². The highest BCUT2D eigenvalue weighted by atomic mass is 35.5. The fraction of sp³-hybridized carbons (Fsp3) is 0.200. The maximum absolute atomic E-state index is 11.9. The zero-order valence-electron chi connectivity index (χ0n) is 12.0. The van der Waals surface area contributed by atoms with E-state index < -0.39 is 12.6 Å². The third-order valence-corrected chi connectivity index (χ3v) is 4.39. The Morgan fingerprint density at radius 3 is 2.78 bits per heavy atom. The van der Waals surface area contributed by atoms with Crippen LogP contribution in [0.15, 0.2) is 29.6 Å². The number of carbonyl (C=O) groups is 2. The summed E-state index contributed by atoms with van der Waals surface area (Å²) in [6.07, 6.45) is 0.730. The summed E-state index contributed by atoms with van der Waals surface area (Å²) in [4.78, 5) is 24.8. The lowest BCUT2D eigenvalue weighted by Gasteiger charge is -2.09. The molecule has 2 aromatic rings. The summed E-state index contributed by atoms with van der Waals surface area (Å²) in [6, 6.07) is 6.71. The Labute approximate surface area is 147 Å². The maximum Gasteiger partial charge on any atom is 0.340 e. The highest BCUT2D eigenvalue weighted by molar-refractivity contribution is 7.09. The van der Waals surface area contributed by atoms with Crippen molar-refractivity contribution in [1.29, 1.82) is 0 Å². The summed E-state index contributed by atoms with van der Waals surface area (Å²) in [5.74, 6) is -1.14. The van der Waals surface area contributed by atoms with Gasteiger partial charge in [-0.1, -0.05) is 29.3 Å². The van der Waals surface area contributed by atoms with Crippen molar-refractivity contribution in [2.45, 2.75) is 6.42 Å². The Hall–Kier alpha value is -1.76. The van der Waals surface area contributed by atoms with Gasteiger partial charge < -0.3 is 15.8 Å².